The summed E-state index contributed by atoms with van der Waals surface area (Å²) in [5.74, 6) is 0. The first-order valence-corrected chi connectivity index (χ1v) is 25.3. The van der Waals surface area contributed by atoms with Crippen LogP contribution in [-0.2, 0) is 10.8 Å². The Bertz CT molecular complexity index is 4160. The predicted molar refractivity (Wildman–Crippen MR) is 304 cm³/mol. The number of para-hydroxylation sites is 2. The largest absolute Gasteiger partial charge is 0.310 e. The molecule has 2 nitrogen and oxygen atoms in total. The number of anilines is 3. The van der Waals surface area contributed by atoms with Gasteiger partial charge in [0.15, 0.2) is 0 Å². The maximum Gasteiger partial charge on any atom is 0.0543 e. The molecule has 14 rings (SSSR count). The average Bonchev–Trinajstić information content (AvgIpc) is 3.97. The minimum Gasteiger partial charge on any atom is -0.310 e. The molecule has 2 aliphatic carbocycles. The summed E-state index contributed by atoms with van der Waals surface area (Å²) in [4.78, 5) is 2.46. The van der Waals surface area contributed by atoms with Gasteiger partial charge in [-0.25, -0.2) is 0 Å². The monoisotopic (exact) mass is 920 g/mol. The molecule has 0 radical (unpaired) electrons. The third kappa shape index (κ3) is 6.35. The molecule has 0 N–H and O–H groups in total. The third-order valence-electron chi connectivity index (χ3n) is 16.2. The van der Waals surface area contributed by atoms with Gasteiger partial charge in [-0.05, 0) is 144 Å². The molecule has 0 aliphatic heterocycles. The molecule has 12 aromatic rings. The standard InChI is InChI=1S/C70H52N2/c1-69(2)61-26-12-8-24-58(61)68-62(69)27-16-30-67(68)72-65-29-14-10-23-57(65)59-43-50(35-40-66(59)72)48-19-15-20-51(42-48)54-21-9-13-28-64(54)71(53-38-39-56-55-22-7-11-25-60(55)70(3,4)63(56)44-53)52-36-33-46(34-37-52)49-32-31-45-17-5-6-18-47(45)41-49/h5-44H,1-4H3. The number of aromatic nitrogens is 1. The van der Waals surface area contributed by atoms with Crippen molar-refractivity contribution >= 4 is 49.6 Å². The molecule has 72 heavy (non-hydrogen) atoms. The topological polar surface area (TPSA) is 8.17 Å². The van der Waals surface area contributed by atoms with Gasteiger partial charge in [0, 0.05) is 44.1 Å². The number of fused-ring (bicyclic) bond motifs is 10. The minimum absolute atomic E-state index is 0.0811. The molecule has 0 unspecified atom stereocenters. The molecule has 0 saturated carbocycles. The zero-order valence-electron chi connectivity index (χ0n) is 41.0. The fourth-order valence-corrected chi connectivity index (χ4v) is 12.5. The summed E-state index contributed by atoms with van der Waals surface area (Å²) in [6.07, 6.45) is 0. The Labute approximate surface area is 421 Å². The molecule has 0 amide bonds. The highest BCUT2D eigenvalue weighted by molar-refractivity contribution is 6.11. The van der Waals surface area contributed by atoms with Crippen molar-refractivity contribution in [1.29, 1.82) is 0 Å². The number of benzene rings is 11. The van der Waals surface area contributed by atoms with Gasteiger partial charge in [0.05, 0.1) is 22.4 Å². The second-order valence-corrected chi connectivity index (χ2v) is 20.9. The van der Waals surface area contributed by atoms with E-state index < -0.39 is 0 Å². The number of nitrogens with zero attached hydrogens (tertiary/aromatic N) is 2. The van der Waals surface area contributed by atoms with E-state index in [2.05, 4.69) is 280 Å². The first kappa shape index (κ1) is 42.2. The molecule has 342 valence electrons. The summed E-state index contributed by atoms with van der Waals surface area (Å²) in [5.41, 5.74) is 24.7. The Morgan fingerprint density at radius 3 is 1.74 bits per heavy atom. The van der Waals surface area contributed by atoms with Crippen LogP contribution in [0.3, 0.4) is 0 Å². The molecule has 0 spiro atoms. The first-order valence-electron chi connectivity index (χ1n) is 25.3. The molecule has 1 heterocycles. The van der Waals surface area contributed by atoms with Crippen molar-refractivity contribution in [1.82, 2.24) is 4.57 Å². The Hall–Kier alpha value is -8.72. The summed E-state index contributed by atoms with van der Waals surface area (Å²) < 4.78 is 2.50. The molecular weight excluding hydrogens is 869 g/mol. The van der Waals surface area contributed by atoms with Gasteiger partial charge >= 0.3 is 0 Å². The molecule has 11 aromatic carbocycles. The van der Waals surface area contributed by atoms with Gasteiger partial charge in [-0.15, -0.1) is 0 Å². The van der Waals surface area contributed by atoms with Crippen molar-refractivity contribution in [3.63, 3.8) is 0 Å². The zero-order valence-corrected chi connectivity index (χ0v) is 41.0. The van der Waals surface area contributed by atoms with Crippen LogP contribution in [0, 0.1) is 0 Å². The highest BCUT2D eigenvalue weighted by Crippen LogP contribution is 2.53. The van der Waals surface area contributed by atoms with Crippen molar-refractivity contribution in [3.8, 4) is 61.3 Å². The summed E-state index contributed by atoms with van der Waals surface area (Å²) in [5, 5.41) is 5.00. The molecule has 2 aliphatic rings. The van der Waals surface area contributed by atoms with Crippen molar-refractivity contribution < 1.29 is 0 Å². The maximum atomic E-state index is 2.50. The van der Waals surface area contributed by atoms with Crippen LogP contribution in [0.5, 0.6) is 0 Å². The Morgan fingerprint density at radius 1 is 0.319 bits per heavy atom. The lowest BCUT2D eigenvalue weighted by molar-refractivity contribution is 0.660. The van der Waals surface area contributed by atoms with Crippen LogP contribution in [0.15, 0.2) is 243 Å². The van der Waals surface area contributed by atoms with Crippen molar-refractivity contribution in [2.45, 2.75) is 38.5 Å². The Morgan fingerprint density at radius 2 is 0.889 bits per heavy atom. The smallest absolute Gasteiger partial charge is 0.0543 e. The Balaban J connectivity index is 0.892. The van der Waals surface area contributed by atoms with E-state index in [1.54, 1.807) is 0 Å². The highest BCUT2D eigenvalue weighted by Gasteiger charge is 2.38. The maximum absolute atomic E-state index is 2.50. The number of hydrogen-bond donors (Lipinski definition) is 0. The van der Waals surface area contributed by atoms with Crippen LogP contribution in [0.4, 0.5) is 17.1 Å². The van der Waals surface area contributed by atoms with E-state index in [9.17, 15) is 0 Å². The zero-order chi connectivity index (χ0) is 48.3. The molecular formula is C70H52N2. The van der Waals surface area contributed by atoms with E-state index in [4.69, 9.17) is 0 Å². The van der Waals surface area contributed by atoms with Gasteiger partial charge in [-0.3, -0.25) is 0 Å². The Kier molecular flexibility index (Phi) is 9.32. The molecule has 1 aromatic heterocycles. The lowest BCUT2D eigenvalue weighted by Gasteiger charge is -2.30. The molecule has 2 heteroatoms. The normalized spacial score (nSPS) is 13.8. The fourth-order valence-electron chi connectivity index (χ4n) is 12.5. The van der Waals surface area contributed by atoms with Crippen LogP contribution >= 0.6 is 0 Å². The van der Waals surface area contributed by atoms with Gasteiger partial charge in [0.2, 0.25) is 0 Å². The van der Waals surface area contributed by atoms with E-state index in [0.29, 0.717) is 0 Å². The van der Waals surface area contributed by atoms with E-state index >= 15 is 0 Å². The van der Waals surface area contributed by atoms with Crippen LogP contribution in [0.1, 0.15) is 49.9 Å². The van der Waals surface area contributed by atoms with Crippen molar-refractivity contribution in [3.05, 3.63) is 265 Å². The molecule has 0 bridgehead atoms. The van der Waals surface area contributed by atoms with Gasteiger partial charge in [-0.1, -0.05) is 204 Å². The van der Waals surface area contributed by atoms with Gasteiger partial charge in [0.1, 0.15) is 0 Å². The summed E-state index contributed by atoms with van der Waals surface area (Å²) in [6, 6.07) is 90.4. The van der Waals surface area contributed by atoms with Crippen LogP contribution < -0.4 is 4.90 Å². The van der Waals surface area contributed by atoms with Crippen LogP contribution in [-0.4, -0.2) is 4.57 Å². The predicted octanol–water partition coefficient (Wildman–Crippen LogP) is 19.0. The lowest BCUT2D eigenvalue weighted by atomic mass is 9.82. The van der Waals surface area contributed by atoms with Crippen LogP contribution in [0.25, 0.3) is 93.9 Å². The second kappa shape index (κ2) is 15.9. The molecule has 0 saturated heterocycles. The van der Waals surface area contributed by atoms with E-state index in [0.717, 1.165) is 17.1 Å². The van der Waals surface area contributed by atoms with Crippen LogP contribution in [0.2, 0.25) is 0 Å². The summed E-state index contributed by atoms with van der Waals surface area (Å²) in [7, 11) is 0. The van der Waals surface area contributed by atoms with E-state index in [1.165, 1.54) is 116 Å². The SMILES string of the molecule is CC1(C)c2ccccc2-c2ccc(N(c3ccc(-c4ccc5ccccc5c4)cc3)c3ccccc3-c3cccc(-c4ccc5c(c4)c4ccccc4n5-c4cccc5c4-c4ccccc4C5(C)C)c3)cc21. The van der Waals surface area contributed by atoms with Gasteiger partial charge in [-0.2, -0.15) is 0 Å². The quantitative estimate of drug-likeness (QED) is 0.155. The van der Waals surface area contributed by atoms with E-state index in [1.807, 2.05) is 0 Å². The summed E-state index contributed by atoms with van der Waals surface area (Å²) in [6.45, 7) is 9.46. The highest BCUT2D eigenvalue weighted by atomic mass is 15.1. The summed E-state index contributed by atoms with van der Waals surface area (Å²) >= 11 is 0. The number of hydrogen-bond acceptors (Lipinski definition) is 1. The molecule has 0 atom stereocenters. The van der Waals surface area contributed by atoms with Gasteiger partial charge < -0.3 is 9.47 Å². The van der Waals surface area contributed by atoms with Crippen molar-refractivity contribution in [2.24, 2.45) is 0 Å². The third-order valence-corrected chi connectivity index (χ3v) is 16.2. The van der Waals surface area contributed by atoms with Gasteiger partial charge in [0.25, 0.3) is 0 Å². The van der Waals surface area contributed by atoms with Crippen molar-refractivity contribution in [2.75, 3.05) is 4.90 Å². The first-order chi connectivity index (χ1) is 35.2. The molecule has 0 fully saturated rings. The minimum atomic E-state index is -0.141. The van der Waals surface area contributed by atoms with E-state index in [-0.39, 0.29) is 10.8 Å². The fraction of sp³-hybridized carbons (Fsp3) is 0.0857. The average molecular weight is 921 g/mol. The number of rotatable bonds is 7. The lowest BCUT2D eigenvalue weighted by Crippen LogP contribution is -2.16. The second-order valence-electron chi connectivity index (χ2n) is 20.9.